The first-order valence-electron chi connectivity index (χ1n) is 7.55. The molecule has 21 heavy (non-hydrogen) atoms. The highest BCUT2D eigenvalue weighted by atomic mass is 16.2. The molecule has 1 saturated carbocycles. The first kappa shape index (κ1) is 14.1. The third kappa shape index (κ3) is 3.08. The Hall–Kier alpha value is -1.88. The Morgan fingerprint density at radius 3 is 2.14 bits per heavy atom. The summed E-state index contributed by atoms with van der Waals surface area (Å²) in [5.74, 6) is 0.452. The molecule has 2 aliphatic rings. The quantitative estimate of drug-likeness (QED) is 0.893. The summed E-state index contributed by atoms with van der Waals surface area (Å²) in [6.07, 6.45) is 2.05. The van der Waals surface area contributed by atoms with E-state index in [1.165, 1.54) is 0 Å². The van der Waals surface area contributed by atoms with E-state index in [0.29, 0.717) is 26.2 Å². The van der Waals surface area contributed by atoms with Crippen LogP contribution in [0.2, 0.25) is 0 Å². The zero-order chi connectivity index (χ0) is 14.8. The van der Waals surface area contributed by atoms with E-state index >= 15 is 0 Å². The summed E-state index contributed by atoms with van der Waals surface area (Å²) in [7, 11) is 0. The predicted molar refractivity (Wildman–Crippen MR) is 79.3 cm³/mol. The van der Waals surface area contributed by atoms with E-state index < -0.39 is 6.04 Å². The molecular formula is C16H21N3O2. The Kier molecular flexibility index (Phi) is 3.92. The molecule has 3 rings (SSSR count). The number of nitrogens with two attached hydrogens (primary N) is 1. The molecule has 1 aliphatic carbocycles. The van der Waals surface area contributed by atoms with E-state index in [1.807, 2.05) is 35.2 Å². The van der Waals surface area contributed by atoms with Crippen molar-refractivity contribution in [1.29, 1.82) is 0 Å². The molecule has 0 unspecified atom stereocenters. The first-order valence-corrected chi connectivity index (χ1v) is 7.55. The molecule has 5 nitrogen and oxygen atoms in total. The minimum absolute atomic E-state index is 0.0558. The molecule has 2 amide bonds. The highest BCUT2D eigenvalue weighted by Gasteiger charge is 2.35. The molecule has 0 aromatic heterocycles. The van der Waals surface area contributed by atoms with Crippen molar-refractivity contribution < 1.29 is 9.59 Å². The van der Waals surface area contributed by atoms with Gasteiger partial charge in [0.1, 0.15) is 6.04 Å². The van der Waals surface area contributed by atoms with Crippen LogP contribution in [0.5, 0.6) is 0 Å². The zero-order valence-electron chi connectivity index (χ0n) is 12.1. The maximum Gasteiger partial charge on any atom is 0.244 e. The Labute approximate surface area is 124 Å². The molecule has 112 valence electrons. The molecule has 1 aromatic rings. The van der Waals surface area contributed by atoms with Crippen LogP contribution >= 0.6 is 0 Å². The average molecular weight is 287 g/mol. The summed E-state index contributed by atoms with van der Waals surface area (Å²) in [5.41, 5.74) is 6.88. The van der Waals surface area contributed by atoms with E-state index in [2.05, 4.69) is 0 Å². The van der Waals surface area contributed by atoms with Gasteiger partial charge in [-0.3, -0.25) is 9.59 Å². The van der Waals surface area contributed by atoms with Crippen LogP contribution < -0.4 is 5.73 Å². The van der Waals surface area contributed by atoms with Crippen LogP contribution in [0, 0.1) is 5.92 Å². The van der Waals surface area contributed by atoms with E-state index in [1.54, 1.807) is 4.90 Å². The van der Waals surface area contributed by atoms with Crippen molar-refractivity contribution in [2.24, 2.45) is 11.7 Å². The molecule has 2 fully saturated rings. The number of amides is 2. The standard InChI is InChI=1S/C16H21N3O2/c17-14(12-4-2-1-3-5-12)16(21)19-10-8-18(9-11-19)15(20)13-6-7-13/h1-5,13-14H,6-11,17H2/t14-/m1/s1. The fourth-order valence-corrected chi connectivity index (χ4v) is 2.74. The molecule has 1 heterocycles. The molecule has 5 heteroatoms. The number of rotatable bonds is 3. The van der Waals surface area contributed by atoms with Gasteiger partial charge in [-0.2, -0.15) is 0 Å². The van der Waals surface area contributed by atoms with Crippen molar-refractivity contribution in [3.63, 3.8) is 0 Å². The number of carbonyl (C=O) groups excluding carboxylic acids is 2. The first-order chi connectivity index (χ1) is 10.2. The fourth-order valence-electron chi connectivity index (χ4n) is 2.74. The molecule has 0 spiro atoms. The van der Waals surface area contributed by atoms with Crippen LogP contribution in [0.4, 0.5) is 0 Å². The Morgan fingerprint density at radius 1 is 1.00 bits per heavy atom. The van der Waals surface area contributed by atoms with E-state index in [-0.39, 0.29) is 17.7 Å². The normalized spacial score (nSPS) is 20.2. The number of piperazine rings is 1. The third-order valence-electron chi connectivity index (χ3n) is 4.25. The molecule has 1 aliphatic heterocycles. The second kappa shape index (κ2) is 5.85. The lowest BCUT2D eigenvalue weighted by atomic mass is 10.1. The molecule has 1 aromatic carbocycles. The molecule has 1 saturated heterocycles. The van der Waals surface area contributed by atoms with Gasteiger partial charge in [0.25, 0.3) is 0 Å². The minimum Gasteiger partial charge on any atom is -0.339 e. The third-order valence-corrected chi connectivity index (χ3v) is 4.25. The maximum atomic E-state index is 12.4. The smallest absolute Gasteiger partial charge is 0.244 e. The van der Waals surface area contributed by atoms with Gasteiger partial charge in [-0.25, -0.2) is 0 Å². The van der Waals surface area contributed by atoms with Gasteiger partial charge >= 0.3 is 0 Å². The van der Waals surface area contributed by atoms with Crippen molar-refractivity contribution in [3.05, 3.63) is 35.9 Å². The molecule has 1 atom stereocenters. The maximum absolute atomic E-state index is 12.4. The molecule has 2 N–H and O–H groups in total. The van der Waals surface area contributed by atoms with Gasteiger partial charge in [-0.15, -0.1) is 0 Å². The van der Waals surface area contributed by atoms with Crippen molar-refractivity contribution in [1.82, 2.24) is 9.80 Å². The van der Waals surface area contributed by atoms with Crippen LogP contribution in [-0.2, 0) is 9.59 Å². The fraction of sp³-hybridized carbons (Fsp3) is 0.500. The summed E-state index contributed by atoms with van der Waals surface area (Å²) < 4.78 is 0. The van der Waals surface area contributed by atoms with Crippen LogP contribution in [0.3, 0.4) is 0 Å². The van der Waals surface area contributed by atoms with Gasteiger partial charge in [0.15, 0.2) is 0 Å². The Balaban J connectivity index is 1.56. The minimum atomic E-state index is -0.614. The van der Waals surface area contributed by atoms with Crippen molar-refractivity contribution in [2.75, 3.05) is 26.2 Å². The number of carbonyl (C=O) groups is 2. The summed E-state index contributed by atoms with van der Waals surface area (Å²) in [5, 5.41) is 0. The topological polar surface area (TPSA) is 66.6 Å². The number of hydrogen-bond donors (Lipinski definition) is 1. The van der Waals surface area contributed by atoms with E-state index in [4.69, 9.17) is 5.73 Å². The highest BCUT2D eigenvalue weighted by molar-refractivity contribution is 5.84. The summed E-state index contributed by atoms with van der Waals surface area (Å²) in [4.78, 5) is 28.1. The van der Waals surface area contributed by atoms with Crippen molar-refractivity contribution >= 4 is 11.8 Å². The van der Waals surface area contributed by atoms with Gasteiger partial charge in [0, 0.05) is 32.1 Å². The van der Waals surface area contributed by atoms with Gasteiger partial charge < -0.3 is 15.5 Å². The van der Waals surface area contributed by atoms with E-state index in [9.17, 15) is 9.59 Å². The summed E-state index contributed by atoms with van der Waals surface area (Å²) in [6, 6.07) is 8.80. The van der Waals surface area contributed by atoms with Crippen LogP contribution in [0.25, 0.3) is 0 Å². The highest BCUT2D eigenvalue weighted by Crippen LogP contribution is 2.31. The lowest BCUT2D eigenvalue weighted by molar-refractivity contribution is -0.141. The van der Waals surface area contributed by atoms with Gasteiger partial charge in [0.2, 0.25) is 11.8 Å². The number of benzene rings is 1. The van der Waals surface area contributed by atoms with Gasteiger partial charge in [-0.05, 0) is 18.4 Å². The molecule has 0 bridgehead atoms. The molecular weight excluding hydrogens is 266 g/mol. The van der Waals surface area contributed by atoms with Crippen molar-refractivity contribution in [2.45, 2.75) is 18.9 Å². The number of nitrogens with zero attached hydrogens (tertiary/aromatic N) is 2. The van der Waals surface area contributed by atoms with E-state index in [0.717, 1.165) is 18.4 Å². The zero-order valence-corrected chi connectivity index (χ0v) is 12.1. The second-order valence-corrected chi connectivity index (χ2v) is 5.81. The van der Waals surface area contributed by atoms with Crippen molar-refractivity contribution in [3.8, 4) is 0 Å². The van der Waals surface area contributed by atoms with Gasteiger partial charge in [0.05, 0.1) is 0 Å². The largest absolute Gasteiger partial charge is 0.339 e. The molecule has 0 radical (unpaired) electrons. The summed E-state index contributed by atoms with van der Waals surface area (Å²) in [6.45, 7) is 2.42. The lowest BCUT2D eigenvalue weighted by Gasteiger charge is -2.36. The monoisotopic (exact) mass is 287 g/mol. The second-order valence-electron chi connectivity index (χ2n) is 5.81. The number of hydrogen-bond acceptors (Lipinski definition) is 3. The van der Waals surface area contributed by atoms with Gasteiger partial charge in [-0.1, -0.05) is 30.3 Å². The van der Waals surface area contributed by atoms with Crippen LogP contribution in [-0.4, -0.2) is 47.8 Å². The van der Waals surface area contributed by atoms with Crippen LogP contribution in [0.15, 0.2) is 30.3 Å². The SMILES string of the molecule is N[C@@H](C(=O)N1CCN(C(=O)C2CC2)CC1)c1ccccc1. The Bertz CT molecular complexity index is 520. The summed E-state index contributed by atoms with van der Waals surface area (Å²) >= 11 is 0. The lowest BCUT2D eigenvalue weighted by Crippen LogP contribution is -2.52. The Morgan fingerprint density at radius 2 is 1.57 bits per heavy atom. The average Bonchev–Trinajstić information content (AvgIpc) is 3.39. The van der Waals surface area contributed by atoms with Crippen LogP contribution in [0.1, 0.15) is 24.4 Å². The predicted octanol–water partition coefficient (Wildman–Crippen LogP) is 0.767.